The van der Waals surface area contributed by atoms with E-state index in [1.807, 2.05) is 23.9 Å². The number of benzene rings is 1. The lowest BCUT2D eigenvalue weighted by molar-refractivity contribution is 0.750. The minimum Gasteiger partial charge on any atom is -0.389 e. The maximum atomic E-state index is 6.15. The zero-order valence-corrected chi connectivity index (χ0v) is 12.9. The Morgan fingerprint density at radius 1 is 1.39 bits per heavy atom. The molecule has 0 aliphatic rings. The fraction of sp³-hybridized carbons (Fsp3) is 0.462. The molecule has 0 radical (unpaired) electrons. The van der Waals surface area contributed by atoms with Gasteiger partial charge in [0.05, 0.1) is 10.7 Å². The first kappa shape index (κ1) is 15.6. The summed E-state index contributed by atoms with van der Waals surface area (Å²) in [6.07, 6.45) is 5.82. The second-order valence-electron chi connectivity index (χ2n) is 4.04. The normalized spacial score (nSPS) is 10.3. The van der Waals surface area contributed by atoms with Crippen molar-refractivity contribution in [2.24, 2.45) is 5.73 Å². The van der Waals surface area contributed by atoms with Gasteiger partial charge < -0.3 is 11.1 Å². The summed E-state index contributed by atoms with van der Waals surface area (Å²) in [5.41, 5.74) is 7.30. The first-order valence-corrected chi connectivity index (χ1v) is 8.15. The van der Waals surface area contributed by atoms with Crippen molar-refractivity contribution in [3.05, 3.63) is 28.8 Å². The van der Waals surface area contributed by atoms with E-state index in [0.717, 1.165) is 24.2 Å². The fourth-order valence-corrected chi connectivity index (χ4v) is 2.45. The van der Waals surface area contributed by atoms with Crippen molar-refractivity contribution >= 4 is 46.3 Å². The first-order valence-electron chi connectivity index (χ1n) is 5.97. The third kappa shape index (κ3) is 5.46. The number of hydrogen-bond donors (Lipinski definition) is 2. The average molecular weight is 303 g/mol. The van der Waals surface area contributed by atoms with Gasteiger partial charge in [0.2, 0.25) is 0 Å². The molecule has 100 valence electrons. The zero-order valence-electron chi connectivity index (χ0n) is 10.5. The number of halogens is 1. The molecule has 0 saturated heterocycles. The predicted molar refractivity (Wildman–Crippen MR) is 88.1 cm³/mol. The van der Waals surface area contributed by atoms with Crippen molar-refractivity contribution in [2.45, 2.75) is 19.3 Å². The summed E-state index contributed by atoms with van der Waals surface area (Å²) in [7, 11) is 0. The van der Waals surface area contributed by atoms with Crippen molar-refractivity contribution in [3.8, 4) is 0 Å². The van der Waals surface area contributed by atoms with Crippen molar-refractivity contribution < 1.29 is 0 Å². The largest absolute Gasteiger partial charge is 0.389 e. The highest BCUT2D eigenvalue weighted by Gasteiger charge is 2.02. The van der Waals surface area contributed by atoms with E-state index < -0.39 is 0 Å². The van der Waals surface area contributed by atoms with E-state index in [1.54, 1.807) is 6.07 Å². The van der Waals surface area contributed by atoms with Gasteiger partial charge in [-0.05, 0) is 43.0 Å². The molecule has 2 nitrogen and oxygen atoms in total. The van der Waals surface area contributed by atoms with Crippen LogP contribution in [0.3, 0.4) is 0 Å². The standard InChI is InChI=1S/C13H19ClN2S2/c1-18-8-4-2-3-7-16-12-6-5-10(13(15)17)9-11(12)14/h5-6,9,16H,2-4,7-8H2,1H3,(H2,15,17). The van der Waals surface area contributed by atoms with E-state index >= 15 is 0 Å². The van der Waals surface area contributed by atoms with Gasteiger partial charge in [0.15, 0.2) is 0 Å². The maximum absolute atomic E-state index is 6.15. The molecule has 0 aliphatic carbocycles. The Morgan fingerprint density at radius 3 is 2.78 bits per heavy atom. The van der Waals surface area contributed by atoms with Crippen LogP contribution >= 0.6 is 35.6 Å². The van der Waals surface area contributed by atoms with Crippen LogP contribution in [0.4, 0.5) is 5.69 Å². The molecule has 1 aromatic rings. The van der Waals surface area contributed by atoms with E-state index in [-0.39, 0.29) is 0 Å². The van der Waals surface area contributed by atoms with E-state index in [9.17, 15) is 0 Å². The Balaban J connectivity index is 2.36. The molecule has 0 unspecified atom stereocenters. The second kappa shape index (κ2) is 8.62. The van der Waals surface area contributed by atoms with Crippen LogP contribution in [0.25, 0.3) is 0 Å². The quantitative estimate of drug-likeness (QED) is 0.564. The van der Waals surface area contributed by atoms with Gasteiger partial charge in [0.25, 0.3) is 0 Å². The molecule has 5 heteroatoms. The van der Waals surface area contributed by atoms with Crippen LogP contribution in [0.1, 0.15) is 24.8 Å². The molecule has 1 aromatic carbocycles. The van der Waals surface area contributed by atoms with Crippen LogP contribution in [0.2, 0.25) is 5.02 Å². The van der Waals surface area contributed by atoms with Crippen LogP contribution in [-0.4, -0.2) is 23.5 Å². The van der Waals surface area contributed by atoms with Gasteiger partial charge in [-0.2, -0.15) is 11.8 Å². The monoisotopic (exact) mass is 302 g/mol. The number of unbranched alkanes of at least 4 members (excludes halogenated alkanes) is 2. The molecule has 0 amide bonds. The van der Waals surface area contributed by atoms with Crippen LogP contribution in [-0.2, 0) is 0 Å². The molecule has 0 fully saturated rings. The molecule has 0 bridgehead atoms. The number of thioether (sulfide) groups is 1. The Hall–Kier alpha value is -0.450. The van der Waals surface area contributed by atoms with E-state index in [1.165, 1.54) is 18.6 Å². The van der Waals surface area contributed by atoms with Gasteiger partial charge in [-0.1, -0.05) is 30.2 Å². The Bertz CT molecular complexity index is 397. The average Bonchev–Trinajstić information content (AvgIpc) is 2.35. The van der Waals surface area contributed by atoms with Gasteiger partial charge >= 0.3 is 0 Å². The maximum Gasteiger partial charge on any atom is 0.104 e. The lowest BCUT2D eigenvalue weighted by Crippen LogP contribution is -2.09. The first-order chi connectivity index (χ1) is 8.65. The van der Waals surface area contributed by atoms with Crippen LogP contribution in [0.5, 0.6) is 0 Å². The van der Waals surface area contributed by atoms with Crippen molar-refractivity contribution in [1.82, 2.24) is 0 Å². The van der Waals surface area contributed by atoms with Gasteiger partial charge in [-0.3, -0.25) is 0 Å². The lowest BCUT2D eigenvalue weighted by atomic mass is 10.2. The Morgan fingerprint density at radius 2 is 2.17 bits per heavy atom. The Kier molecular flexibility index (Phi) is 7.47. The molecular formula is C13H19ClN2S2. The highest BCUT2D eigenvalue weighted by molar-refractivity contribution is 7.98. The number of thiocarbonyl (C=S) groups is 1. The number of rotatable bonds is 8. The molecular weight excluding hydrogens is 284 g/mol. The third-order valence-electron chi connectivity index (χ3n) is 2.59. The smallest absolute Gasteiger partial charge is 0.104 e. The van der Waals surface area contributed by atoms with Crippen LogP contribution < -0.4 is 11.1 Å². The number of nitrogens with two attached hydrogens (primary N) is 1. The van der Waals surface area contributed by atoms with Crippen LogP contribution in [0.15, 0.2) is 18.2 Å². The summed E-state index contributed by atoms with van der Waals surface area (Å²) in [5.74, 6) is 1.24. The summed E-state index contributed by atoms with van der Waals surface area (Å²) >= 11 is 13.0. The zero-order chi connectivity index (χ0) is 13.4. The van der Waals surface area contributed by atoms with Crippen molar-refractivity contribution in [2.75, 3.05) is 23.9 Å². The predicted octanol–water partition coefficient (Wildman–Crippen LogP) is 3.92. The molecule has 0 saturated carbocycles. The summed E-state index contributed by atoms with van der Waals surface area (Å²) in [6, 6.07) is 5.63. The van der Waals surface area contributed by atoms with Gasteiger partial charge in [0.1, 0.15) is 4.99 Å². The summed E-state index contributed by atoms with van der Waals surface area (Å²) in [5, 5.41) is 4.00. The summed E-state index contributed by atoms with van der Waals surface area (Å²) in [6.45, 7) is 0.945. The summed E-state index contributed by atoms with van der Waals surface area (Å²) < 4.78 is 0. The highest BCUT2D eigenvalue weighted by atomic mass is 35.5. The molecule has 0 aliphatic heterocycles. The van der Waals surface area contributed by atoms with Gasteiger partial charge in [0, 0.05) is 12.1 Å². The molecule has 0 atom stereocenters. The second-order valence-corrected chi connectivity index (χ2v) is 5.87. The van der Waals surface area contributed by atoms with Crippen LogP contribution in [0, 0.1) is 0 Å². The third-order valence-corrected chi connectivity index (χ3v) is 3.84. The molecule has 0 aromatic heterocycles. The van der Waals surface area contributed by atoms with Gasteiger partial charge in [-0.25, -0.2) is 0 Å². The van der Waals surface area contributed by atoms with Crippen molar-refractivity contribution in [1.29, 1.82) is 0 Å². The van der Waals surface area contributed by atoms with Crippen molar-refractivity contribution in [3.63, 3.8) is 0 Å². The number of nitrogens with one attached hydrogen (secondary N) is 1. The Labute approximate surface area is 124 Å². The lowest BCUT2D eigenvalue weighted by Gasteiger charge is -2.09. The number of anilines is 1. The topological polar surface area (TPSA) is 38.0 Å². The molecule has 3 N–H and O–H groups in total. The summed E-state index contributed by atoms with van der Waals surface area (Å²) in [4.78, 5) is 0.375. The minimum absolute atomic E-state index is 0.375. The van der Waals surface area contributed by atoms with Gasteiger partial charge in [-0.15, -0.1) is 0 Å². The SMILES string of the molecule is CSCCCCCNc1ccc(C(N)=S)cc1Cl. The number of hydrogen-bond acceptors (Lipinski definition) is 3. The highest BCUT2D eigenvalue weighted by Crippen LogP contribution is 2.23. The molecule has 0 heterocycles. The molecule has 1 rings (SSSR count). The minimum atomic E-state index is 0.375. The van der Waals surface area contributed by atoms with E-state index in [2.05, 4.69) is 11.6 Å². The fourth-order valence-electron chi connectivity index (χ4n) is 1.58. The van der Waals surface area contributed by atoms with E-state index in [4.69, 9.17) is 29.6 Å². The molecule has 18 heavy (non-hydrogen) atoms. The molecule has 0 spiro atoms. The van der Waals surface area contributed by atoms with E-state index in [0.29, 0.717) is 10.0 Å².